The molecule has 0 saturated heterocycles. The summed E-state index contributed by atoms with van der Waals surface area (Å²) in [5.41, 5.74) is 9.82. The smallest absolute Gasteiger partial charge is 0.0817 e. The summed E-state index contributed by atoms with van der Waals surface area (Å²) in [6.07, 6.45) is 1.89. The lowest BCUT2D eigenvalue weighted by molar-refractivity contribution is 1.30. The van der Waals surface area contributed by atoms with Gasteiger partial charge in [0.25, 0.3) is 0 Å². The molecule has 208 valence electrons. The van der Waals surface area contributed by atoms with Gasteiger partial charge >= 0.3 is 0 Å². The zero-order valence-corrected chi connectivity index (χ0v) is 24.5. The standard InChI is InChI=1S/C42H25N3/c1-24-23-36-40(41-35(44-36)21-20-31-28-14-6-7-18-33(28)45-42(31)41)39(37(24)34-19-8-9-22-43-34)32-17-10-16-30-27-12-3-2-11-25(27)26-13-4-5-15-29(26)38(30)32/h2-23H,1H3. The van der Waals surface area contributed by atoms with Crippen LogP contribution in [0.5, 0.6) is 0 Å². The normalized spacial score (nSPS) is 12.5. The van der Waals surface area contributed by atoms with Gasteiger partial charge in [-0.1, -0.05) is 91.0 Å². The van der Waals surface area contributed by atoms with E-state index in [2.05, 4.69) is 128 Å². The van der Waals surface area contributed by atoms with Gasteiger partial charge in [0.15, 0.2) is 0 Å². The summed E-state index contributed by atoms with van der Waals surface area (Å²) >= 11 is 0. The molecule has 2 aliphatic heterocycles. The molecule has 45 heavy (non-hydrogen) atoms. The maximum Gasteiger partial charge on any atom is 0.0817 e. The Balaban J connectivity index is 1.44. The van der Waals surface area contributed by atoms with Crippen LogP contribution in [0.2, 0.25) is 0 Å². The van der Waals surface area contributed by atoms with Crippen molar-refractivity contribution in [3.8, 4) is 33.5 Å². The van der Waals surface area contributed by atoms with Crippen LogP contribution in [-0.4, -0.2) is 4.98 Å². The molecule has 0 bridgehead atoms. The van der Waals surface area contributed by atoms with E-state index >= 15 is 0 Å². The Hall–Kier alpha value is -5.93. The van der Waals surface area contributed by atoms with Gasteiger partial charge in [0.05, 0.1) is 27.8 Å². The third kappa shape index (κ3) is 3.32. The van der Waals surface area contributed by atoms with Crippen molar-refractivity contribution >= 4 is 43.7 Å². The highest BCUT2D eigenvalue weighted by atomic mass is 14.8. The summed E-state index contributed by atoms with van der Waals surface area (Å²) in [6.45, 7) is 2.19. The van der Waals surface area contributed by atoms with Crippen LogP contribution in [0, 0.1) is 17.4 Å². The lowest BCUT2D eigenvalue weighted by atomic mass is 9.82. The molecule has 0 aliphatic carbocycles. The zero-order valence-electron chi connectivity index (χ0n) is 24.5. The van der Waals surface area contributed by atoms with Gasteiger partial charge in [-0.05, 0) is 86.8 Å². The second-order valence-electron chi connectivity index (χ2n) is 12.0. The van der Waals surface area contributed by atoms with E-state index in [1.807, 2.05) is 12.3 Å². The van der Waals surface area contributed by atoms with E-state index in [-0.39, 0.29) is 0 Å². The van der Waals surface area contributed by atoms with Crippen LogP contribution >= 0.6 is 0 Å². The van der Waals surface area contributed by atoms with Crippen LogP contribution in [0.3, 0.4) is 0 Å². The fraction of sp³-hybridized carbons (Fsp3) is 0.0238. The summed E-state index contributed by atoms with van der Waals surface area (Å²) in [7, 11) is 0. The van der Waals surface area contributed by atoms with E-state index in [1.165, 1.54) is 43.1 Å². The summed E-state index contributed by atoms with van der Waals surface area (Å²) < 4.78 is 0. The Morgan fingerprint density at radius 1 is 0.467 bits per heavy atom. The Morgan fingerprint density at radius 2 is 1.16 bits per heavy atom. The Morgan fingerprint density at radius 3 is 1.93 bits per heavy atom. The van der Waals surface area contributed by atoms with Crippen LogP contribution in [-0.2, 0) is 0 Å². The van der Waals surface area contributed by atoms with Gasteiger partial charge in [-0.3, -0.25) is 4.98 Å². The molecule has 0 amide bonds. The molecule has 0 unspecified atom stereocenters. The van der Waals surface area contributed by atoms with Crippen molar-refractivity contribution in [2.75, 3.05) is 0 Å². The van der Waals surface area contributed by atoms with E-state index in [4.69, 9.17) is 15.0 Å². The Bertz CT molecular complexity index is 2770. The van der Waals surface area contributed by atoms with E-state index in [9.17, 15) is 0 Å². The van der Waals surface area contributed by atoms with Gasteiger partial charge in [0, 0.05) is 38.9 Å². The first-order valence-corrected chi connectivity index (χ1v) is 15.4. The number of pyridine rings is 1. The summed E-state index contributed by atoms with van der Waals surface area (Å²) in [5.74, 6) is 0. The molecule has 1 aromatic heterocycles. The molecule has 7 aromatic carbocycles. The minimum Gasteiger partial charge on any atom is -0.256 e. The molecule has 0 fully saturated rings. The minimum atomic E-state index is 0.955. The summed E-state index contributed by atoms with van der Waals surface area (Å²) in [4.78, 5) is 15.4. The number of rotatable bonds is 2. The van der Waals surface area contributed by atoms with Gasteiger partial charge < -0.3 is 0 Å². The maximum atomic E-state index is 5.25. The first kappa shape index (κ1) is 24.5. The topological polar surface area (TPSA) is 37.6 Å². The van der Waals surface area contributed by atoms with Crippen LogP contribution in [0.1, 0.15) is 5.56 Å². The van der Waals surface area contributed by atoms with Crippen molar-refractivity contribution in [3.05, 3.63) is 160 Å². The molecule has 0 atom stereocenters. The van der Waals surface area contributed by atoms with Crippen molar-refractivity contribution in [2.24, 2.45) is 9.98 Å². The van der Waals surface area contributed by atoms with Crippen LogP contribution < -0.4 is 10.7 Å². The predicted octanol–water partition coefficient (Wildman–Crippen LogP) is 9.67. The number of aromatic nitrogens is 1. The number of nitrogens with zero attached hydrogens (tertiary/aromatic N) is 3. The molecular weight excluding hydrogens is 546 g/mol. The van der Waals surface area contributed by atoms with E-state index in [0.717, 1.165) is 60.8 Å². The molecular formula is C42H25N3. The number of hydrogen-bond donors (Lipinski definition) is 0. The van der Waals surface area contributed by atoms with Crippen molar-refractivity contribution in [1.82, 2.24) is 4.98 Å². The Kier molecular flexibility index (Phi) is 4.92. The maximum absolute atomic E-state index is 5.25. The first-order valence-electron chi connectivity index (χ1n) is 15.4. The molecule has 3 heteroatoms. The minimum absolute atomic E-state index is 0.955. The van der Waals surface area contributed by atoms with Gasteiger partial charge in [-0.15, -0.1) is 0 Å². The monoisotopic (exact) mass is 571 g/mol. The molecule has 3 heterocycles. The number of para-hydroxylation sites is 1. The van der Waals surface area contributed by atoms with Gasteiger partial charge in [0.1, 0.15) is 0 Å². The van der Waals surface area contributed by atoms with Crippen LogP contribution in [0.15, 0.2) is 144 Å². The number of aryl methyl sites for hydroxylation is 1. The molecule has 0 radical (unpaired) electrons. The van der Waals surface area contributed by atoms with E-state index < -0.39 is 0 Å². The highest BCUT2D eigenvalue weighted by Gasteiger charge is 2.29. The molecule has 2 aliphatic rings. The summed E-state index contributed by atoms with van der Waals surface area (Å²) in [5, 5.41) is 11.8. The first-order chi connectivity index (χ1) is 22.3. The van der Waals surface area contributed by atoms with Crippen molar-refractivity contribution in [1.29, 1.82) is 0 Å². The molecule has 0 spiro atoms. The van der Waals surface area contributed by atoms with Crippen LogP contribution in [0.4, 0.5) is 11.4 Å². The van der Waals surface area contributed by atoms with Crippen molar-refractivity contribution in [2.45, 2.75) is 6.92 Å². The predicted molar refractivity (Wildman–Crippen MR) is 184 cm³/mol. The number of hydrogen-bond acceptors (Lipinski definition) is 3. The third-order valence-electron chi connectivity index (χ3n) is 9.54. The fourth-order valence-corrected chi connectivity index (χ4v) is 7.72. The Labute approximate surface area is 258 Å². The largest absolute Gasteiger partial charge is 0.256 e. The van der Waals surface area contributed by atoms with E-state index in [1.54, 1.807) is 0 Å². The lowest BCUT2D eigenvalue weighted by Gasteiger charge is -2.21. The average Bonchev–Trinajstić information content (AvgIpc) is 3.66. The summed E-state index contributed by atoms with van der Waals surface area (Å²) in [6, 6.07) is 45.5. The molecule has 0 N–H and O–H groups in total. The zero-order chi connectivity index (χ0) is 29.6. The van der Waals surface area contributed by atoms with E-state index in [0.29, 0.717) is 0 Å². The second kappa shape index (κ2) is 9.04. The number of fused-ring (bicyclic) bond motifs is 12. The third-order valence-corrected chi connectivity index (χ3v) is 9.54. The fourth-order valence-electron chi connectivity index (χ4n) is 7.72. The van der Waals surface area contributed by atoms with Crippen LogP contribution in [0.25, 0.3) is 65.8 Å². The van der Waals surface area contributed by atoms with Crippen molar-refractivity contribution < 1.29 is 0 Å². The molecule has 3 nitrogen and oxygen atoms in total. The molecule has 8 aromatic rings. The van der Waals surface area contributed by atoms with Gasteiger partial charge in [-0.25, -0.2) is 9.98 Å². The average molecular weight is 572 g/mol. The highest BCUT2D eigenvalue weighted by Crippen LogP contribution is 2.52. The SMILES string of the molecule is Cc1cc2c(c(-c3cccc4c5ccccc5c5ccccc5c34)c1-c1ccccn1)-c1c3c(ccc1=N2)=c1ccccc1=N3. The number of benzene rings is 7. The highest BCUT2D eigenvalue weighted by molar-refractivity contribution is 6.29. The molecule has 0 saturated carbocycles. The van der Waals surface area contributed by atoms with Crippen molar-refractivity contribution in [3.63, 3.8) is 0 Å². The van der Waals surface area contributed by atoms with Gasteiger partial charge in [0.2, 0.25) is 0 Å². The quantitative estimate of drug-likeness (QED) is 0.190. The van der Waals surface area contributed by atoms with Gasteiger partial charge in [-0.2, -0.15) is 0 Å². The second-order valence-corrected chi connectivity index (χ2v) is 12.0. The lowest BCUT2D eigenvalue weighted by Crippen LogP contribution is -2.02. The molecule has 10 rings (SSSR count).